The van der Waals surface area contributed by atoms with Gasteiger partial charge < -0.3 is 4.90 Å². The number of carbonyl (C=O) groups is 2. The van der Waals surface area contributed by atoms with Gasteiger partial charge in [0.15, 0.2) is 0 Å². The molecule has 1 aliphatic rings. The molecule has 1 aromatic rings. The van der Waals surface area contributed by atoms with Crippen LogP contribution in [0.2, 0.25) is 0 Å². The topological polar surface area (TPSA) is 59.4 Å². The van der Waals surface area contributed by atoms with Crippen LogP contribution >= 0.6 is 11.3 Å². The summed E-state index contributed by atoms with van der Waals surface area (Å²) >= 11 is 1.08. The minimum atomic E-state index is -0.124. The SMILES string of the molecule is O=C1CCN(C(=O)Cn2ccsc2=O)CC1. The molecule has 1 aromatic heterocycles. The number of rotatable bonds is 2. The van der Waals surface area contributed by atoms with Crippen molar-refractivity contribution < 1.29 is 9.59 Å². The molecule has 16 heavy (non-hydrogen) atoms. The highest BCUT2D eigenvalue weighted by molar-refractivity contribution is 7.07. The number of nitrogens with zero attached hydrogens (tertiary/aromatic N) is 2. The molecule has 0 bridgehead atoms. The average Bonchev–Trinajstić information content (AvgIpc) is 2.65. The van der Waals surface area contributed by atoms with E-state index in [4.69, 9.17) is 0 Å². The number of likely N-dealkylation sites (tertiary alicyclic amines) is 1. The van der Waals surface area contributed by atoms with E-state index in [9.17, 15) is 14.4 Å². The van der Waals surface area contributed by atoms with Crippen molar-refractivity contribution in [3.05, 3.63) is 21.2 Å². The van der Waals surface area contributed by atoms with Crippen molar-refractivity contribution in [1.29, 1.82) is 0 Å². The van der Waals surface area contributed by atoms with Gasteiger partial charge in [-0.2, -0.15) is 0 Å². The van der Waals surface area contributed by atoms with Crippen molar-refractivity contribution >= 4 is 23.0 Å². The third kappa shape index (κ3) is 2.38. The zero-order valence-electron chi connectivity index (χ0n) is 8.72. The number of thiazole rings is 1. The number of hydrogen-bond donors (Lipinski definition) is 0. The third-order valence-electron chi connectivity index (χ3n) is 2.62. The van der Waals surface area contributed by atoms with E-state index in [1.807, 2.05) is 0 Å². The monoisotopic (exact) mass is 240 g/mol. The summed E-state index contributed by atoms with van der Waals surface area (Å²) < 4.78 is 1.39. The second-order valence-corrected chi connectivity index (χ2v) is 4.57. The molecule has 0 saturated carbocycles. The van der Waals surface area contributed by atoms with Crippen LogP contribution in [0, 0.1) is 0 Å². The first-order valence-electron chi connectivity index (χ1n) is 5.10. The minimum Gasteiger partial charge on any atom is -0.340 e. The number of piperidine rings is 1. The molecule has 1 amide bonds. The van der Waals surface area contributed by atoms with Gasteiger partial charge in [0.25, 0.3) is 0 Å². The number of ketones is 1. The van der Waals surface area contributed by atoms with E-state index in [0.717, 1.165) is 11.3 Å². The van der Waals surface area contributed by atoms with Crippen LogP contribution in [0.15, 0.2) is 16.4 Å². The number of carbonyl (C=O) groups excluding carboxylic acids is 2. The summed E-state index contributed by atoms with van der Waals surface area (Å²) in [4.78, 5) is 35.6. The minimum absolute atomic E-state index is 0.0799. The van der Waals surface area contributed by atoms with Gasteiger partial charge in [0.2, 0.25) is 5.91 Å². The number of Topliss-reactive ketones (excluding diaryl/α,β-unsaturated/α-hetero) is 1. The van der Waals surface area contributed by atoms with Crippen molar-refractivity contribution in [3.8, 4) is 0 Å². The molecule has 2 heterocycles. The standard InChI is InChI=1S/C10H12N2O3S/c13-8-1-3-11(4-2-8)9(14)7-12-5-6-16-10(12)15/h5-6H,1-4,7H2. The maximum absolute atomic E-state index is 11.8. The Morgan fingerprint density at radius 2 is 2.00 bits per heavy atom. The van der Waals surface area contributed by atoms with Crippen LogP contribution in [-0.2, 0) is 16.1 Å². The Kier molecular flexibility index (Phi) is 3.19. The molecule has 0 N–H and O–H groups in total. The fourth-order valence-electron chi connectivity index (χ4n) is 1.66. The molecule has 0 radical (unpaired) electrons. The van der Waals surface area contributed by atoms with Crippen LogP contribution in [-0.4, -0.2) is 34.2 Å². The van der Waals surface area contributed by atoms with E-state index in [1.54, 1.807) is 16.5 Å². The van der Waals surface area contributed by atoms with Crippen molar-refractivity contribution in [3.63, 3.8) is 0 Å². The summed E-state index contributed by atoms with van der Waals surface area (Å²) in [6.07, 6.45) is 2.48. The number of amides is 1. The van der Waals surface area contributed by atoms with Crippen molar-refractivity contribution in [2.75, 3.05) is 13.1 Å². The van der Waals surface area contributed by atoms with Gasteiger partial charge >= 0.3 is 4.87 Å². The molecule has 0 unspecified atom stereocenters. The first-order chi connectivity index (χ1) is 7.66. The van der Waals surface area contributed by atoms with E-state index in [1.165, 1.54) is 4.57 Å². The first-order valence-corrected chi connectivity index (χ1v) is 5.98. The lowest BCUT2D eigenvalue weighted by molar-refractivity contribution is -0.135. The summed E-state index contributed by atoms with van der Waals surface area (Å²) in [6, 6.07) is 0. The largest absolute Gasteiger partial charge is 0.340 e. The van der Waals surface area contributed by atoms with Gasteiger partial charge in [-0.1, -0.05) is 11.3 Å². The lowest BCUT2D eigenvalue weighted by Crippen LogP contribution is -2.41. The van der Waals surface area contributed by atoms with Crippen LogP contribution in [0.25, 0.3) is 0 Å². The molecule has 2 rings (SSSR count). The number of aromatic nitrogens is 1. The highest BCUT2D eigenvalue weighted by Crippen LogP contribution is 2.06. The van der Waals surface area contributed by atoms with Gasteiger partial charge in [-0.15, -0.1) is 0 Å². The Bertz CT molecular complexity index is 453. The molecule has 1 aliphatic heterocycles. The van der Waals surface area contributed by atoms with Crippen LogP contribution in [0.1, 0.15) is 12.8 Å². The molecule has 0 spiro atoms. The fraction of sp³-hybridized carbons (Fsp3) is 0.500. The molecule has 86 valence electrons. The smallest absolute Gasteiger partial charge is 0.307 e. The zero-order chi connectivity index (χ0) is 11.5. The van der Waals surface area contributed by atoms with E-state index in [2.05, 4.69) is 0 Å². The van der Waals surface area contributed by atoms with Gasteiger partial charge in [-0.3, -0.25) is 19.0 Å². The van der Waals surface area contributed by atoms with Crippen molar-refractivity contribution in [2.45, 2.75) is 19.4 Å². The second kappa shape index (κ2) is 4.61. The Labute approximate surface area is 96.3 Å². The summed E-state index contributed by atoms with van der Waals surface area (Å²) in [6.45, 7) is 1.05. The Hall–Kier alpha value is -1.43. The van der Waals surface area contributed by atoms with Gasteiger partial charge in [0.1, 0.15) is 12.3 Å². The second-order valence-electron chi connectivity index (χ2n) is 3.72. The Morgan fingerprint density at radius 3 is 2.56 bits per heavy atom. The van der Waals surface area contributed by atoms with Gasteiger partial charge in [0.05, 0.1) is 0 Å². The first kappa shape index (κ1) is 11.1. The highest BCUT2D eigenvalue weighted by atomic mass is 32.1. The molecule has 1 saturated heterocycles. The van der Waals surface area contributed by atoms with Gasteiger partial charge in [-0.05, 0) is 0 Å². The molecule has 0 atom stereocenters. The normalized spacial score (nSPS) is 16.5. The molecule has 6 heteroatoms. The van der Waals surface area contributed by atoms with Gasteiger partial charge in [0, 0.05) is 37.5 Å². The maximum Gasteiger partial charge on any atom is 0.307 e. The van der Waals surface area contributed by atoms with Gasteiger partial charge in [-0.25, -0.2) is 0 Å². The summed E-state index contributed by atoms with van der Waals surface area (Å²) in [5.41, 5.74) is 0. The predicted octanol–water partition coefficient (Wildman–Crippen LogP) is 0.101. The molecular formula is C10H12N2O3S. The van der Waals surface area contributed by atoms with E-state index in [0.29, 0.717) is 25.9 Å². The van der Waals surface area contributed by atoms with Crippen molar-refractivity contribution in [2.24, 2.45) is 0 Å². The molecular weight excluding hydrogens is 228 g/mol. The van der Waals surface area contributed by atoms with Crippen LogP contribution in [0.3, 0.4) is 0 Å². The molecule has 0 aromatic carbocycles. The maximum atomic E-state index is 11.8. The molecule has 0 aliphatic carbocycles. The Balaban J connectivity index is 1.96. The predicted molar refractivity (Wildman–Crippen MR) is 59.4 cm³/mol. The lowest BCUT2D eigenvalue weighted by atomic mass is 10.1. The Morgan fingerprint density at radius 1 is 1.31 bits per heavy atom. The number of hydrogen-bond acceptors (Lipinski definition) is 4. The third-order valence-corrected chi connectivity index (χ3v) is 3.32. The van der Waals surface area contributed by atoms with Crippen LogP contribution in [0.5, 0.6) is 0 Å². The molecule has 5 nitrogen and oxygen atoms in total. The van der Waals surface area contributed by atoms with Crippen LogP contribution < -0.4 is 4.87 Å². The van der Waals surface area contributed by atoms with E-state index >= 15 is 0 Å². The quantitative estimate of drug-likeness (QED) is 0.736. The van der Waals surface area contributed by atoms with E-state index < -0.39 is 0 Å². The average molecular weight is 240 g/mol. The summed E-state index contributed by atoms with van der Waals surface area (Å²) in [7, 11) is 0. The summed E-state index contributed by atoms with van der Waals surface area (Å²) in [5, 5.41) is 1.66. The summed E-state index contributed by atoms with van der Waals surface area (Å²) in [5.74, 6) is 0.116. The lowest BCUT2D eigenvalue weighted by Gasteiger charge is -2.25. The highest BCUT2D eigenvalue weighted by Gasteiger charge is 2.20. The van der Waals surface area contributed by atoms with E-state index in [-0.39, 0.29) is 23.1 Å². The van der Waals surface area contributed by atoms with Crippen LogP contribution in [0.4, 0.5) is 0 Å². The van der Waals surface area contributed by atoms with Crippen molar-refractivity contribution in [1.82, 2.24) is 9.47 Å². The fourth-order valence-corrected chi connectivity index (χ4v) is 2.24. The molecule has 1 fully saturated rings. The zero-order valence-corrected chi connectivity index (χ0v) is 9.53.